The first-order chi connectivity index (χ1) is 10.2. The Hall–Kier alpha value is -1.40. The molecule has 0 aromatic heterocycles. The lowest BCUT2D eigenvalue weighted by atomic mass is 9.90. The van der Waals surface area contributed by atoms with Gasteiger partial charge in [0.25, 0.3) is 0 Å². The number of carbonyl (C=O) groups is 2. The number of aromatic hydroxyl groups is 1. The van der Waals surface area contributed by atoms with E-state index < -0.39 is 0 Å². The Morgan fingerprint density at radius 3 is 2.57 bits per heavy atom. The lowest BCUT2D eigenvalue weighted by Gasteiger charge is -2.28. The lowest BCUT2D eigenvalue weighted by molar-refractivity contribution is -0.116. The van der Waals surface area contributed by atoms with Crippen molar-refractivity contribution in [2.45, 2.75) is 58.5 Å². The van der Waals surface area contributed by atoms with E-state index in [2.05, 4.69) is 10.6 Å². The third-order valence-electron chi connectivity index (χ3n) is 3.75. The molecular weight excluding hydrogens is 360 g/mol. The second-order valence-electron chi connectivity index (χ2n) is 6.75. The number of carbonyl (C=O) groups excluding carboxylic acids is 2. The van der Waals surface area contributed by atoms with E-state index in [1.165, 1.54) is 6.07 Å². The van der Waals surface area contributed by atoms with Crippen LogP contribution in [0, 0.1) is 0 Å². The van der Waals surface area contributed by atoms with Crippen LogP contribution in [0.15, 0.2) is 12.1 Å². The molecule has 0 bridgehead atoms. The number of phenols is 1. The van der Waals surface area contributed by atoms with Gasteiger partial charge in [0.1, 0.15) is 5.75 Å². The van der Waals surface area contributed by atoms with Crippen LogP contribution in [0.5, 0.6) is 5.75 Å². The molecule has 1 aliphatic heterocycles. The number of phenolic OH excluding ortho intramolecular Hbond substituents is 1. The number of benzene rings is 1. The molecule has 0 saturated heterocycles. The summed E-state index contributed by atoms with van der Waals surface area (Å²) in [4.78, 5) is 24.4. The average molecular weight is 385 g/mol. The van der Waals surface area contributed by atoms with Gasteiger partial charge in [-0.3, -0.25) is 9.59 Å². The normalized spacial score (nSPS) is 15.2. The molecule has 23 heavy (non-hydrogen) atoms. The number of amides is 1. The van der Waals surface area contributed by atoms with Gasteiger partial charge in [0, 0.05) is 17.5 Å². The highest BCUT2D eigenvalue weighted by molar-refractivity contribution is 8.93. The van der Waals surface area contributed by atoms with Gasteiger partial charge in [-0.15, -0.1) is 17.0 Å². The molecule has 0 radical (unpaired) electrons. The van der Waals surface area contributed by atoms with E-state index in [-0.39, 0.29) is 46.0 Å². The van der Waals surface area contributed by atoms with Crippen LogP contribution in [-0.4, -0.2) is 28.4 Å². The van der Waals surface area contributed by atoms with Crippen molar-refractivity contribution in [3.63, 3.8) is 0 Å². The molecule has 0 saturated carbocycles. The van der Waals surface area contributed by atoms with Crippen molar-refractivity contribution in [2.24, 2.45) is 0 Å². The first-order valence-corrected chi connectivity index (χ1v) is 7.69. The minimum atomic E-state index is -0.286. The number of hydrogen-bond acceptors (Lipinski definition) is 4. The average Bonchev–Trinajstić information content (AvgIpc) is 2.44. The van der Waals surface area contributed by atoms with Crippen molar-refractivity contribution in [1.82, 2.24) is 5.32 Å². The Labute approximate surface area is 147 Å². The highest BCUT2D eigenvalue weighted by Gasteiger charge is 2.28. The van der Waals surface area contributed by atoms with E-state index in [1.807, 2.05) is 27.7 Å². The molecule has 1 heterocycles. The van der Waals surface area contributed by atoms with Gasteiger partial charge in [0.05, 0.1) is 11.7 Å². The molecule has 128 valence electrons. The molecule has 1 aromatic rings. The zero-order valence-electron chi connectivity index (χ0n) is 14.0. The minimum Gasteiger partial charge on any atom is -0.506 e. The van der Waals surface area contributed by atoms with Gasteiger partial charge >= 0.3 is 0 Å². The number of Topliss-reactive ketones (excluding diaryl/α,β-unsaturated/α-hetero) is 1. The van der Waals surface area contributed by atoms with Crippen molar-refractivity contribution >= 4 is 34.4 Å². The van der Waals surface area contributed by atoms with E-state index in [0.29, 0.717) is 30.5 Å². The summed E-state index contributed by atoms with van der Waals surface area (Å²) in [6.07, 6.45) is 1.49. The Morgan fingerprint density at radius 2 is 2.00 bits per heavy atom. The van der Waals surface area contributed by atoms with Crippen molar-refractivity contribution in [1.29, 1.82) is 0 Å². The molecule has 5 nitrogen and oxygen atoms in total. The summed E-state index contributed by atoms with van der Waals surface area (Å²) in [7, 11) is 0. The fraction of sp³-hybridized carbons (Fsp3) is 0.529. The van der Waals surface area contributed by atoms with Crippen LogP contribution in [0.25, 0.3) is 0 Å². The number of ketones is 1. The Bertz CT molecular complexity index is 609. The molecule has 2 rings (SSSR count). The summed E-state index contributed by atoms with van der Waals surface area (Å²) in [5.74, 6) is -0.117. The Morgan fingerprint density at radius 1 is 1.35 bits per heavy atom. The van der Waals surface area contributed by atoms with Gasteiger partial charge in [-0.25, -0.2) is 0 Å². The van der Waals surface area contributed by atoms with Gasteiger partial charge in [-0.05, 0) is 51.3 Å². The fourth-order valence-electron chi connectivity index (χ4n) is 2.77. The zero-order valence-corrected chi connectivity index (χ0v) is 15.7. The molecular formula is C17H25BrN2O3. The van der Waals surface area contributed by atoms with Gasteiger partial charge in [-0.2, -0.15) is 0 Å². The lowest BCUT2D eigenvalue weighted by Crippen LogP contribution is -2.47. The highest BCUT2D eigenvalue weighted by Crippen LogP contribution is 2.34. The minimum absolute atomic E-state index is 0. The van der Waals surface area contributed by atoms with Crippen molar-refractivity contribution < 1.29 is 14.7 Å². The summed E-state index contributed by atoms with van der Waals surface area (Å²) in [5, 5.41) is 15.9. The highest BCUT2D eigenvalue weighted by atomic mass is 79.9. The van der Waals surface area contributed by atoms with Crippen molar-refractivity contribution in [2.75, 3.05) is 5.32 Å². The maximum atomic E-state index is 12.9. The van der Waals surface area contributed by atoms with Gasteiger partial charge in [-0.1, -0.05) is 6.92 Å². The predicted molar refractivity (Wildman–Crippen MR) is 96.7 cm³/mol. The predicted octanol–water partition coefficient (Wildman–Crippen LogP) is 3.20. The van der Waals surface area contributed by atoms with Crippen LogP contribution in [0.4, 0.5) is 5.69 Å². The summed E-state index contributed by atoms with van der Waals surface area (Å²) in [6.45, 7) is 8.04. The van der Waals surface area contributed by atoms with Gasteiger partial charge < -0.3 is 15.7 Å². The second-order valence-corrected chi connectivity index (χ2v) is 6.75. The molecule has 1 atom stereocenters. The maximum absolute atomic E-state index is 12.9. The van der Waals surface area contributed by atoms with E-state index in [1.54, 1.807) is 6.07 Å². The van der Waals surface area contributed by atoms with E-state index in [0.717, 1.165) is 5.56 Å². The number of fused-ring (bicyclic) bond motifs is 1. The Balaban J connectivity index is 0.00000264. The van der Waals surface area contributed by atoms with Crippen LogP contribution in [0.1, 0.15) is 56.5 Å². The molecule has 0 spiro atoms. The molecule has 3 N–H and O–H groups in total. The number of halogens is 1. The van der Waals surface area contributed by atoms with Gasteiger partial charge in [0.2, 0.25) is 5.91 Å². The second kappa shape index (κ2) is 7.45. The topological polar surface area (TPSA) is 78.4 Å². The zero-order chi connectivity index (χ0) is 16.5. The molecule has 6 heteroatoms. The first kappa shape index (κ1) is 19.6. The quantitative estimate of drug-likeness (QED) is 0.550. The molecule has 0 aliphatic carbocycles. The molecule has 1 aliphatic rings. The molecule has 1 aromatic carbocycles. The number of hydrogen-bond donors (Lipinski definition) is 3. The van der Waals surface area contributed by atoms with E-state index in [9.17, 15) is 14.7 Å². The smallest absolute Gasteiger partial charge is 0.224 e. The number of nitrogens with one attached hydrogen (secondary N) is 2. The van der Waals surface area contributed by atoms with Crippen molar-refractivity contribution in [3.8, 4) is 5.75 Å². The summed E-state index contributed by atoms with van der Waals surface area (Å²) < 4.78 is 0. The van der Waals surface area contributed by atoms with Gasteiger partial charge in [0.15, 0.2) is 5.78 Å². The summed E-state index contributed by atoms with van der Waals surface area (Å²) in [5.41, 5.74) is 1.53. The van der Waals surface area contributed by atoms with Crippen LogP contribution in [-0.2, 0) is 11.2 Å². The first-order valence-electron chi connectivity index (χ1n) is 7.69. The third kappa shape index (κ3) is 4.54. The molecule has 1 unspecified atom stereocenters. The van der Waals surface area contributed by atoms with Crippen molar-refractivity contribution in [3.05, 3.63) is 23.3 Å². The van der Waals surface area contributed by atoms with E-state index in [4.69, 9.17) is 0 Å². The maximum Gasteiger partial charge on any atom is 0.224 e. The SMILES string of the molecule is Br.CCC(NC(C)(C)C)C(=O)c1ccc(O)c2c1CCC(=O)N2. The Kier molecular flexibility index (Phi) is 6.36. The number of rotatable bonds is 4. The standard InChI is InChI=1S/C17H24N2O3.BrH/c1-5-12(19-17(2,3)4)16(22)11-6-8-13(20)15-10(11)7-9-14(21)18-15;/h6,8,12,19-20H,5,7,9H2,1-4H3,(H,18,21);1H. The van der Waals surface area contributed by atoms with Crippen LogP contribution < -0.4 is 10.6 Å². The van der Waals surface area contributed by atoms with Crippen LogP contribution in [0.3, 0.4) is 0 Å². The summed E-state index contributed by atoms with van der Waals surface area (Å²) in [6, 6.07) is 2.84. The monoisotopic (exact) mass is 384 g/mol. The van der Waals surface area contributed by atoms with Crippen LogP contribution >= 0.6 is 17.0 Å². The van der Waals surface area contributed by atoms with Crippen LogP contribution in [0.2, 0.25) is 0 Å². The third-order valence-corrected chi connectivity index (χ3v) is 3.75. The number of anilines is 1. The summed E-state index contributed by atoms with van der Waals surface area (Å²) >= 11 is 0. The largest absolute Gasteiger partial charge is 0.506 e. The molecule has 0 fully saturated rings. The van der Waals surface area contributed by atoms with E-state index >= 15 is 0 Å². The molecule has 1 amide bonds. The fourth-order valence-corrected chi connectivity index (χ4v) is 2.77.